The standard InChI is InChI=1S/C16H24FN3O/c1-11(2)20-8-3-4-13(7-9-20)19-15-10-12(16(18)21)5-6-14(15)17/h5-6,10-11,13,19H,3-4,7-9H2,1-2H3,(H2,18,21). The Labute approximate surface area is 125 Å². The molecule has 1 aliphatic rings. The van der Waals surface area contributed by atoms with Crippen LogP contribution in [0.2, 0.25) is 0 Å². The van der Waals surface area contributed by atoms with Crippen molar-refractivity contribution in [3.05, 3.63) is 29.6 Å². The number of anilines is 1. The normalized spacial score (nSPS) is 20.3. The number of likely N-dealkylation sites (tertiary alicyclic amines) is 1. The highest BCUT2D eigenvalue weighted by atomic mass is 19.1. The number of benzene rings is 1. The van der Waals surface area contributed by atoms with Gasteiger partial charge in [-0.05, 0) is 57.9 Å². The number of hydrogen-bond donors (Lipinski definition) is 2. The lowest BCUT2D eigenvalue weighted by Crippen LogP contribution is -2.32. The van der Waals surface area contributed by atoms with Crippen LogP contribution >= 0.6 is 0 Å². The van der Waals surface area contributed by atoms with Crippen molar-refractivity contribution < 1.29 is 9.18 Å². The van der Waals surface area contributed by atoms with Gasteiger partial charge in [-0.15, -0.1) is 0 Å². The smallest absolute Gasteiger partial charge is 0.248 e. The molecule has 1 atom stereocenters. The first kappa shape index (κ1) is 15.8. The van der Waals surface area contributed by atoms with Crippen molar-refractivity contribution in [2.45, 2.75) is 45.2 Å². The van der Waals surface area contributed by atoms with Crippen LogP contribution in [-0.4, -0.2) is 36.0 Å². The van der Waals surface area contributed by atoms with E-state index in [0.29, 0.717) is 17.3 Å². The molecule has 1 aromatic carbocycles. The fourth-order valence-electron chi connectivity index (χ4n) is 2.79. The molecule has 1 aliphatic heterocycles. The molecule has 1 fully saturated rings. The summed E-state index contributed by atoms with van der Waals surface area (Å²) >= 11 is 0. The summed E-state index contributed by atoms with van der Waals surface area (Å²) < 4.78 is 13.9. The molecule has 0 aliphatic carbocycles. The number of nitrogens with zero attached hydrogens (tertiary/aromatic N) is 1. The maximum atomic E-state index is 13.9. The van der Waals surface area contributed by atoms with Gasteiger partial charge in [-0.25, -0.2) is 4.39 Å². The van der Waals surface area contributed by atoms with Crippen LogP contribution in [0.5, 0.6) is 0 Å². The van der Waals surface area contributed by atoms with E-state index in [1.165, 1.54) is 18.2 Å². The van der Waals surface area contributed by atoms with Gasteiger partial charge in [0.1, 0.15) is 5.82 Å². The van der Waals surface area contributed by atoms with E-state index in [0.717, 1.165) is 32.4 Å². The van der Waals surface area contributed by atoms with E-state index in [-0.39, 0.29) is 11.9 Å². The minimum absolute atomic E-state index is 0.228. The third kappa shape index (κ3) is 4.17. The largest absolute Gasteiger partial charge is 0.380 e. The molecular weight excluding hydrogens is 269 g/mol. The highest BCUT2D eigenvalue weighted by Crippen LogP contribution is 2.21. The molecule has 5 heteroatoms. The Balaban J connectivity index is 2.04. The van der Waals surface area contributed by atoms with E-state index in [4.69, 9.17) is 5.73 Å². The van der Waals surface area contributed by atoms with Crippen LogP contribution in [0.1, 0.15) is 43.5 Å². The van der Waals surface area contributed by atoms with E-state index in [2.05, 4.69) is 24.1 Å². The second-order valence-corrected chi connectivity index (χ2v) is 5.96. The van der Waals surface area contributed by atoms with Crippen LogP contribution in [0, 0.1) is 5.82 Å². The Kier molecular flexibility index (Phi) is 5.17. The van der Waals surface area contributed by atoms with E-state index in [1.807, 2.05) is 0 Å². The maximum absolute atomic E-state index is 13.9. The van der Waals surface area contributed by atoms with Gasteiger partial charge in [0, 0.05) is 24.2 Å². The fourth-order valence-corrected chi connectivity index (χ4v) is 2.79. The minimum atomic E-state index is -0.537. The van der Waals surface area contributed by atoms with Crippen molar-refractivity contribution in [2.75, 3.05) is 18.4 Å². The predicted octanol–water partition coefficient (Wildman–Crippen LogP) is 2.60. The number of nitrogens with one attached hydrogen (secondary N) is 1. The Morgan fingerprint density at radius 2 is 2.14 bits per heavy atom. The molecule has 21 heavy (non-hydrogen) atoms. The average molecular weight is 293 g/mol. The van der Waals surface area contributed by atoms with Crippen LogP contribution in [-0.2, 0) is 0 Å². The zero-order chi connectivity index (χ0) is 15.4. The second kappa shape index (κ2) is 6.89. The molecule has 2 rings (SSSR count). The van der Waals surface area contributed by atoms with Gasteiger partial charge in [0.25, 0.3) is 0 Å². The van der Waals surface area contributed by atoms with Crippen LogP contribution in [0.15, 0.2) is 18.2 Å². The fraction of sp³-hybridized carbons (Fsp3) is 0.562. The first-order valence-corrected chi connectivity index (χ1v) is 7.57. The number of hydrogen-bond acceptors (Lipinski definition) is 3. The summed E-state index contributed by atoms with van der Waals surface area (Å²) in [5, 5.41) is 3.23. The summed E-state index contributed by atoms with van der Waals surface area (Å²) in [7, 11) is 0. The number of halogens is 1. The van der Waals surface area contributed by atoms with Crippen LogP contribution < -0.4 is 11.1 Å². The number of carbonyl (C=O) groups is 1. The van der Waals surface area contributed by atoms with Crippen molar-refractivity contribution in [1.29, 1.82) is 0 Å². The monoisotopic (exact) mass is 293 g/mol. The molecule has 1 unspecified atom stereocenters. The zero-order valence-corrected chi connectivity index (χ0v) is 12.7. The van der Waals surface area contributed by atoms with Crippen molar-refractivity contribution >= 4 is 11.6 Å². The van der Waals surface area contributed by atoms with Gasteiger partial charge in [-0.1, -0.05) is 0 Å². The van der Waals surface area contributed by atoms with Crippen molar-refractivity contribution in [3.63, 3.8) is 0 Å². The number of amides is 1. The van der Waals surface area contributed by atoms with Crippen molar-refractivity contribution in [1.82, 2.24) is 4.90 Å². The van der Waals surface area contributed by atoms with Crippen molar-refractivity contribution in [2.24, 2.45) is 5.73 Å². The topological polar surface area (TPSA) is 58.4 Å². The molecule has 0 radical (unpaired) electrons. The highest BCUT2D eigenvalue weighted by Gasteiger charge is 2.19. The highest BCUT2D eigenvalue weighted by molar-refractivity contribution is 5.93. The molecule has 1 saturated heterocycles. The van der Waals surface area contributed by atoms with Crippen LogP contribution in [0.25, 0.3) is 0 Å². The third-order valence-electron chi connectivity index (χ3n) is 4.10. The van der Waals surface area contributed by atoms with Gasteiger partial charge in [0.2, 0.25) is 5.91 Å². The quantitative estimate of drug-likeness (QED) is 0.897. The Morgan fingerprint density at radius 3 is 2.81 bits per heavy atom. The summed E-state index contributed by atoms with van der Waals surface area (Å²) in [6.45, 7) is 6.49. The summed E-state index contributed by atoms with van der Waals surface area (Å²) in [6, 6.07) is 4.98. The summed E-state index contributed by atoms with van der Waals surface area (Å²) in [4.78, 5) is 13.6. The Morgan fingerprint density at radius 1 is 1.38 bits per heavy atom. The molecule has 1 amide bonds. The molecule has 0 spiro atoms. The molecule has 3 N–H and O–H groups in total. The van der Waals surface area contributed by atoms with E-state index >= 15 is 0 Å². The molecule has 0 saturated carbocycles. The van der Waals surface area contributed by atoms with Gasteiger partial charge in [-0.3, -0.25) is 4.79 Å². The SMILES string of the molecule is CC(C)N1CCCC(Nc2cc(C(N)=O)ccc2F)CC1. The summed E-state index contributed by atoms with van der Waals surface area (Å²) in [6.07, 6.45) is 3.06. The lowest BCUT2D eigenvalue weighted by atomic mass is 10.1. The molecule has 4 nitrogen and oxygen atoms in total. The van der Waals surface area contributed by atoms with Crippen molar-refractivity contribution in [3.8, 4) is 0 Å². The molecule has 1 heterocycles. The van der Waals surface area contributed by atoms with Gasteiger partial charge in [-0.2, -0.15) is 0 Å². The number of carbonyl (C=O) groups excluding carboxylic acids is 1. The predicted molar refractivity (Wildman–Crippen MR) is 82.9 cm³/mol. The molecule has 0 bridgehead atoms. The van der Waals surface area contributed by atoms with Crippen LogP contribution in [0.4, 0.5) is 10.1 Å². The van der Waals surface area contributed by atoms with E-state index in [1.54, 1.807) is 0 Å². The van der Waals surface area contributed by atoms with Gasteiger partial charge in [0.05, 0.1) is 5.69 Å². The lowest BCUT2D eigenvalue weighted by molar-refractivity contribution is 0.100. The third-order valence-corrected chi connectivity index (χ3v) is 4.10. The Bertz CT molecular complexity index is 504. The second-order valence-electron chi connectivity index (χ2n) is 5.96. The lowest BCUT2D eigenvalue weighted by Gasteiger charge is -2.24. The summed E-state index contributed by atoms with van der Waals surface area (Å²) in [5.74, 6) is -0.880. The number of rotatable bonds is 4. The zero-order valence-electron chi connectivity index (χ0n) is 12.7. The number of primary amides is 1. The maximum Gasteiger partial charge on any atom is 0.248 e. The van der Waals surface area contributed by atoms with E-state index < -0.39 is 5.91 Å². The first-order chi connectivity index (χ1) is 9.97. The molecule has 116 valence electrons. The van der Waals surface area contributed by atoms with Gasteiger partial charge >= 0.3 is 0 Å². The van der Waals surface area contributed by atoms with Gasteiger partial charge in [0.15, 0.2) is 0 Å². The molecule has 1 aromatic rings. The summed E-state index contributed by atoms with van der Waals surface area (Å²) in [5.41, 5.74) is 5.95. The average Bonchev–Trinajstić information content (AvgIpc) is 2.66. The Hall–Kier alpha value is -1.62. The minimum Gasteiger partial charge on any atom is -0.380 e. The number of nitrogens with two attached hydrogens (primary N) is 1. The molecular formula is C16H24FN3O. The van der Waals surface area contributed by atoms with E-state index in [9.17, 15) is 9.18 Å². The first-order valence-electron chi connectivity index (χ1n) is 7.57. The van der Waals surface area contributed by atoms with Gasteiger partial charge < -0.3 is 16.0 Å². The van der Waals surface area contributed by atoms with Crippen LogP contribution in [0.3, 0.4) is 0 Å². The molecule has 0 aromatic heterocycles.